The molecule has 2 rings (SSSR count). The molecule has 37 heavy (non-hydrogen) atoms. The van der Waals surface area contributed by atoms with E-state index in [9.17, 15) is 24.3 Å². The second-order valence-electron chi connectivity index (χ2n) is 9.71. The van der Waals surface area contributed by atoms with E-state index in [-0.39, 0.29) is 17.9 Å². The molecular formula is C27H36N4O6. The average molecular weight is 513 g/mol. The summed E-state index contributed by atoms with van der Waals surface area (Å²) in [6.45, 7) is 10.1. The van der Waals surface area contributed by atoms with Crippen LogP contribution in [0.3, 0.4) is 0 Å². The van der Waals surface area contributed by atoms with E-state index in [0.717, 1.165) is 5.56 Å². The van der Waals surface area contributed by atoms with Crippen molar-refractivity contribution in [2.45, 2.75) is 65.6 Å². The van der Waals surface area contributed by atoms with Gasteiger partial charge in [-0.05, 0) is 58.7 Å². The SMILES string of the molecule is CCN(C(=O)C(CC(N)=O)NC(=O)OC(C)(C)C)C(C(=O)Nc1ccccc1C)c1cccc(C)c1O. The fraction of sp³-hybridized carbons (Fsp3) is 0.407. The number of carbonyl (C=O) groups is 4. The van der Waals surface area contributed by atoms with Gasteiger partial charge in [0.15, 0.2) is 0 Å². The van der Waals surface area contributed by atoms with Crippen LogP contribution in [0.2, 0.25) is 0 Å². The smallest absolute Gasteiger partial charge is 0.408 e. The number of anilines is 1. The van der Waals surface area contributed by atoms with Crippen LogP contribution in [0.4, 0.5) is 10.5 Å². The number of nitrogens with two attached hydrogens (primary N) is 1. The van der Waals surface area contributed by atoms with E-state index in [1.54, 1.807) is 65.0 Å². The number of primary amides is 1. The molecule has 200 valence electrons. The van der Waals surface area contributed by atoms with Crippen molar-refractivity contribution in [1.82, 2.24) is 10.2 Å². The molecule has 4 amide bonds. The van der Waals surface area contributed by atoms with Gasteiger partial charge in [-0.1, -0.05) is 36.4 Å². The van der Waals surface area contributed by atoms with E-state index in [2.05, 4.69) is 10.6 Å². The zero-order valence-electron chi connectivity index (χ0n) is 22.1. The summed E-state index contributed by atoms with van der Waals surface area (Å²) >= 11 is 0. The van der Waals surface area contributed by atoms with E-state index >= 15 is 0 Å². The lowest BCUT2D eigenvalue weighted by atomic mass is 9.98. The number of likely N-dealkylation sites (N-methyl/N-ethyl adjacent to an activating group) is 1. The maximum Gasteiger partial charge on any atom is 0.408 e. The maximum atomic E-state index is 13.7. The number of phenolic OH excluding ortho intramolecular Hbond substituents is 1. The van der Waals surface area contributed by atoms with Crippen LogP contribution in [0, 0.1) is 13.8 Å². The number of amides is 4. The van der Waals surface area contributed by atoms with E-state index in [1.165, 1.54) is 4.90 Å². The van der Waals surface area contributed by atoms with Crippen LogP contribution in [0.25, 0.3) is 0 Å². The summed E-state index contributed by atoms with van der Waals surface area (Å²) in [6, 6.07) is 9.34. The molecule has 2 aromatic carbocycles. The maximum absolute atomic E-state index is 13.7. The highest BCUT2D eigenvalue weighted by Gasteiger charge is 2.37. The highest BCUT2D eigenvalue weighted by molar-refractivity contribution is 6.00. The first-order valence-electron chi connectivity index (χ1n) is 12.0. The first-order chi connectivity index (χ1) is 17.2. The first-order valence-corrected chi connectivity index (χ1v) is 12.0. The largest absolute Gasteiger partial charge is 0.507 e. The number of aryl methyl sites for hydroxylation is 2. The van der Waals surface area contributed by atoms with Crippen molar-refractivity contribution in [3.8, 4) is 5.75 Å². The Kier molecular flexibility index (Phi) is 9.65. The second-order valence-corrected chi connectivity index (χ2v) is 9.71. The van der Waals surface area contributed by atoms with Crippen molar-refractivity contribution < 1.29 is 29.0 Å². The van der Waals surface area contributed by atoms with Gasteiger partial charge in [-0.15, -0.1) is 0 Å². The molecule has 0 heterocycles. The number of para-hydroxylation sites is 2. The van der Waals surface area contributed by atoms with Gasteiger partial charge in [-0.2, -0.15) is 0 Å². The number of hydrogen-bond acceptors (Lipinski definition) is 6. The lowest BCUT2D eigenvalue weighted by Crippen LogP contribution is -2.53. The quantitative estimate of drug-likeness (QED) is 0.405. The van der Waals surface area contributed by atoms with Crippen LogP contribution >= 0.6 is 0 Å². The third-order valence-corrected chi connectivity index (χ3v) is 5.54. The van der Waals surface area contributed by atoms with Crippen molar-refractivity contribution in [2.24, 2.45) is 5.73 Å². The van der Waals surface area contributed by atoms with Crippen LogP contribution in [0.1, 0.15) is 56.8 Å². The Labute approximate surface area is 217 Å². The second kappa shape index (κ2) is 12.2. The Morgan fingerprint density at radius 1 is 1.03 bits per heavy atom. The number of ether oxygens (including phenoxy) is 1. The Bertz CT molecular complexity index is 1160. The van der Waals surface area contributed by atoms with Gasteiger partial charge in [0, 0.05) is 17.8 Å². The number of rotatable bonds is 9. The Hall–Kier alpha value is -4.08. The Morgan fingerprint density at radius 3 is 2.22 bits per heavy atom. The van der Waals surface area contributed by atoms with E-state index in [4.69, 9.17) is 10.5 Å². The highest BCUT2D eigenvalue weighted by Crippen LogP contribution is 2.33. The number of aromatic hydroxyl groups is 1. The minimum absolute atomic E-state index is 0.0172. The minimum Gasteiger partial charge on any atom is -0.507 e. The molecule has 2 aromatic rings. The van der Waals surface area contributed by atoms with Crippen molar-refractivity contribution in [2.75, 3.05) is 11.9 Å². The summed E-state index contributed by atoms with van der Waals surface area (Å²) in [5, 5.41) is 16.1. The lowest BCUT2D eigenvalue weighted by molar-refractivity contribution is -0.141. The summed E-state index contributed by atoms with van der Waals surface area (Å²) in [4.78, 5) is 52.8. The fourth-order valence-corrected chi connectivity index (χ4v) is 3.78. The summed E-state index contributed by atoms with van der Waals surface area (Å²) in [5.41, 5.74) is 6.55. The fourth-order valence-electron chi connectivity index (χ4n) is 3.78. The molecular weight excluding hydrogens is 476 g/mol. The molecule has 0 saturated carbocycles. The number of carbonyl (C=O) groups excluding carboxylic acids is 4. The minimum atomic E-state index is -1.40. The Morgan fingerprint density at radius 2 is 1.65 bits per heavy atom. The molecule has 10 nitrogen and oxygen atoms in total. The van der Waals surface area contributed by atoms with Gasteiger partial charge >= 0.3 is 6.09 Å². The van der Waals surface area contributed by atoms with E-state index < -0.39 is 47.9 Å². The van der Waals surface area contributed by atoms with Crippen LogP contribution in [-0.2, 0) is 19.1 Å². The molecule has 2 atom stereocenters. The van der Waals surface area contributed by atoms with Crippen LogP contribution in [0.5, 0.6) is 5.75 Å². The van der Waals surface area contributed by atoms with E-state index in [0.29, 0.717) is 11.3 Å². The number of hydrogen-bond donors (Lipinski definition) is 4. The van der Waals surface area contributed by atoms with Crippen molar-refractivity contribution >= 4 is 29.5 Å². The van der Waals surface area contributed by atoms with Gasteiger partial charge in [-0.25, -0.2) is 4.79 Å². The zero-order valence-corrected chi connectivity index (χ0v) is 22.1. The molecule has 0 saturated heterocycles. The summed E-state index contributed by atoms with van der Waals surface area (Å²) < 4.78 is 5.24. The molecule has 0 radical (unpaired) electrons. The number of alkyl carbamates (subject to hydrolysis) is 1. The van der Waals surface area contributed by atoms with Gasteiger partial charge in [0.1, 0.15) is 23.4 Å². The highest BCUT2D eigenvalue weighted by atomic mass is 16.6. The topological polar surface area (TPSA) is 151 Å². The van der Waals surface area contributed by atoms with Gasteiger partial charge < -0.3 is 31.1 Å². The third kappa shape index (κ3) is 7.96. The van der Waals surface area contributed by atoms with Crippen molar-refractivity contribution in [3.63, 3.8) is 0 Å². The number of nitrogens with zero attached hydrogens (tertiary/aromatic N) is 1. The van der Waals surface area contributed by atoms with E-state index in [1.807, 2.05) is 19.1 Å². The summed E-state index contributed by atoms with van der Waals surface area (Å²) in [7, 11) is 0. The normalized spacial score (nSPS) is 12.7. The standard InChI is InChI=1S/C27H36N4O6/c1-7-31(25(35)20(15-21(28)32)30-26(36)37-27(4,5)6)22(18-13-10-12-17(3)23(18)33)24(34)29-19-14-9-8-11-16(19)2/h8-14,20,22,33H,7,15H2,1-6H3,(H2,28,32)(H,29,34)(H,30,36). The van der Waals surface area contributed by atoms with Gasteiger partial charge in [0.25, 0.3) is 5.91 Å². The van der Waals surface area contributed by atoms with Crippen LogP contribution in [-0.4, -0.2) is 52.0 Å². The molecule has 0 aliphatic rings. The average Bonchev–Trinajstić information content (AvgIpc) is 2.78. The molecule has 2 unspecified atom stereocenters. The molecule has 0 fully saturated rings. The van der Waals surface area contributed by atoms with Crippen LogP contribution in [0.15, 0.2) is 42.5 Å². The third-order valence-electron chi connectivity index (χ3n) is 5.54. The van der Waals surface area contributed by atoms with Crippen molar-refractivity contribution in [1.29, 1.82) is 0 Å². The molecule has 0 aliphatic carbocycles. The first kappa shape index (κ1) is 29.2. The van der Waals surface area contributed by atoms with Gasteiger partial charge in [0.05, 0.1) is 6.42 Å². The Balaban J connectivity index is 2.53. The predicted octanol–water partition coefficient (Wildman–Crippen LogP) is 3.31. The predicted molar refractivity (Wildman–Crippen MR) is 140 cm³/mol. The molecule has 0 spiro atoms. The van der Waals surface area contributed by atoms with Crippen molar-refractivity contribution in [3.05, 3.63) is 59.2 Å². The van der Waals surface area contributed by atoms with Crippen LogP contribution < -0.4 is 16.4 Å². The summed E-state index contributed by atoms with van der Waals surface area (Å²) in [6.07, 6.45) is -1.43. The number of phenols is 1. The molecule has 0 aliphatic heterocycles. The molecule has 5 N–H and O–H groups in total. The monoisotopic (exact) mass is 512 g/mol. The van der Waals surface area contributed by atoms with Gasteiger partial charge in [0.2, 0.25) is 11.8 Å². The lowest BCUT2D eigenvalue weighted by Gasteiger charge is -2.34. The summed E-state index contributed by atoms with van der Waals surface area (Å²) in [5.74, 6) is -2.30. The number of nitrogens with one attached hydrogen (secondary N) is 2. The number of benzene rings is 2. The van der Waals surface area contributed by atoms with Gasteiger partial charge in [-0.3, -0.25) is 14.4 Å². The molecule has 10 heteroatoms. The zero-order chi connectivity index (χ0) is 27.9. The molecule has 0 bridgehead atoms. The molecule has 0 aromatic heterocycles.